The summed E-state index contributed by atoms with van der Waals surface area (Å²) in [6.45, 7) is 0. The van der Waals surface area contributed by atoms with Crippen molar-refractivity contribution in [1.29, 1.82) is 0 Å². The third-order valence-corrected chi connectivity index (χ3v) is 4.58. The van der Waals surface area contributed by atoms with E-state index in [9.17, 15) is 4.79 Å². The van der Waals surface area contributed by atoms with Crippen molar-refractivity contribution >= 4 is 17.7 Å². The van der Waals surface area contributed by atoms with Gasteiger partial charge in [0, 0.05) is 11.3 Å². The van der Waals surface area contributed by atoms with Gasteiger partial charge >= 0.3 is 5.97 Å². The van der Waals surface area contributed by atoms with Crippen molar-refractivity contribution in [2.75, 3.05) is 18.6 Å². The number of carboxylic acid groups (broad SMARTS) is 1. The third kappa shape index (κ3) is 3.04. The lowest BCUT2D eigenvalue weighted by Crippen LogP contribution is -2.15. The predicted molar refractivity (Wildman–Crippen MR) is 83.9 cm³/mol. The average Bonchev–Trinajstić information content (AvgIpc) is 3.18. The van der Waals surface area contributed by atoms with Gasteiger partial charge in [-0.15, -0.1) is 0 Å². The topological polar surface area (TPSA) is 84.4 Å². The summed E-state index contributed by atoms with van der Waals surface area (Å²) >= 11 is 1.87. The summed E-state index contributed by atoms with van der Waals surface area (Å²) in [5.41, 5.74) is 1.40. The molecule has 1 aliphatic heterocycles. The first kappa shape index (κ1) is 14.8. The number of hydrogen-bond donors (Lipinski definition) is 2. The van der Waals surface area contributed by atoms with E-state index >= 15 is 0 Å². The molecule has 2 aromatic rings. The minimum atomic E-state index is -1.04. The van der Waals surface area contributed by atoms with E-state index in [2.05, 4.69) is 10.2 Å². The minimum Gasteiger partial charge on any atom is -0.493 e. The second-order valence-electron chi connectivity index (χ2n) is 4.94. The number of aromatic amines is 1. The lowest BCUT2D eigenvalue weighted by Gasteiger charge is -2.16. The molecule has 6 nitrogen and oxygen atoms in total. The summed E-state index contributed by atoms with van der Waals surface area (Å²) in [7, 11) is 1.60. The maximum absolute atomic E-state index is 10.9. The van der Waals surface area contributed by atoms with E-state index in [1.165, 1.54) is 6.07 Å². The van der Waals surface area contributed by atoms with Crippen LogP contribution in [0.15, 0.2) is 24.3 Å². The van der Waals surface area contributed by atoms with Crippen molar-refractivity contribution in [3.63, 3.8) is 0 Å². The quantitative estimate of drug-likeness (QED) is 0.881. The van der Waals surface area contributed by atoms with Gasteiger partial charge in [-0.3, -0.25) is 5.10 Å². The van der Waals surface area contributed by atoms with Gasteiger partial charge in [-0.05, 0) is 36.4 Å². The third-order valence-electron chi connectivity index (χ3n) is 3.45. The number of aromatic nitrogens is 2. The molecule has 2 heterocycles. The number of methoxy groups -OCH3 is 1. The number of thioether (sulfide) groups is 1. The number of rotatable bonds is 5. The molecule has 0 saturated carbocycles. The maximum Gasteiger partial charge on any atom is 0.353 e. The van der Waals surface area contributed by atoms with E-state index in [4.69, 9.17) is 14.6 Å². The first-order valence-electron chi connectivity index (χ1n) is 6.89. The molecule has 1 aliphatic rings. The van der Waals surface area contributed by atoms with Gasteiger partial charge in [-0.1, -0.05) is 0 Å². The minimum absolute atomic E-state index is 0.0560. The number of ether oxygens (including phenoxy) is 2. The highest BCUT2D eigenvalue weighted by Crippen LogP contribution is 2.34. The molecule has 0 amide bonds. The highest BCUT2D eigenvalue weighted by molar-refractivity contribution is 7.99. The van der Waals surface area contributed by atoms with Gasteiger partial charge in [0.05, 0.1) is 12.8 Å². The van der Waals surface area contributed by atoms with Crippen molar-refractivity contribution in [3.8, 4) is 22.8 Å². The van der Waals surface area contributed by atoms with Crippen molar-refractivity contribution in [2.24, 2.45) is 0 Å². The molecule has 1 fully saturated rings. The predicted octanol–water partition coefficient (Wildman–Crippen LogP) is 2.67. The number of carboxylic acids is 1. The zero-order chi connectivity index (χ0) is 15.5. The van der Waals surface area contributed by atoms with Crippen LogP contribution >= 0.6 is 11.8 Å². The fraction of sp³-hybridized carbons (Fsp3) is 0.333. The monoisotopic (exact) mass is 320 g/mol. The standard InChI is InChI=1S/C15H16N2O4S/c1-20-13-3-2-9(11-7-12(15(18)19)17-16-11)6-14(13)21-10-4-5-22-8-10/h2-3,6-7,10H,4-5,8H2,1H3,(H,16,17)(H,18,19). The molecule has 3 rings (SSSR count). The Balaban J connectivity index is 1.89. The first-order chi connectivity index (χ1) is 10.7. The number of benzene rings is 1. The van der Waals surface area contributed by atoms with Crippen LogP contribution in [0.1, 0.15) is 16.9 Å². The molecular weight excluding hydrogens is 304 g/mol. The van der Waals surface area contributed by atoms with Gasteiger partial charge in [-0.2, -0.15) is 16.9 Å². The molecule has 1 saturated heterocycles. The molecule has 0 spiro atoms. The summed E-state index contributed by atoms with van der Waals surface area (Å²) in [6.07, 6.45) is 1.20. The lowest BCUT2D eigenvalue weighted by atomic mass is 10.1. The summed E-state index contributed by atoms with van der Waals surface area (Å²) in [4.78, 5) is 10.9. The fourth-order valence-corrected chi connectivity index (χ4v) is 3.39. The zero-order valence-corrected chi connectivity index (χ0v) is 12.9. The SMILES string of the molecule is COc1ccc(-c2cc(C(=O)O)[nH]n2)cc1OC1CCSC1. The van der Waals surface area contributed by atoms with Crippen LogP contribution in [0.3, 0.4) is 0 Å². The summed E-state index contributed by atoms with van der Waals surface area (Å²) in [6, 6.07) is 6.97. The van der Waals surface area contributed by atoms with Crippen molar-refractivity contribution in [1.82, 2.24) is 10.2 Å². The second-order valence-corrected chi connectivity index (χ2v) is 6.09. The zero-order valence-electron chi connectivity index (χ0n) is 12.0. The van der Waals surface area contributed by atoms with E-state index < -0.39 is 5.97 Å². The fourth-order valence-electron chi connectivity index (χ4n) is 2.29. The average molecular weight is 320 g/mol. The number of aromatic carboxylic acids is 1. The van der Waals surface area contributed by atoms with Crippen molar-refractivity contribution in [3.05, 3.63) is 30.0 Å². The second kappa shape index (κ2) is 6.31. The molecule has 1 unspecified atom stereocenters. The van der Waals surface area contributed by atoms with Crippen LogP contribution in [0.4, 0.5) is 0 Å². The van der Waals surface area contributed by atoms with Crippen LogP contribution in [0, 0.1) is 0 Å². The highest BCUT2D eigenvalue weighted by Gasteiger charge is 2.20. The van der Waals surface area contributed by atoms with E-state index in [-0.39, 0.29) is 11.8 Å². The molecule has 22 heavy (non-hydrogen) atoms. The van der Waals surface area contributed by atoms with Crippen molar-refractivity contribution in [2.45, 2.75) is 12.5 Å². The lowest BCUT2D eigenvalue weighted by molar-refractivity contribution is 0.0690. The molecule has 2 N–H and O–H groups in total. The van der Waals surface area contributed by atoms with E-state index in [0.717, 1.165) is 23.5 Å². The summed E-state index contributed by atoms with van der Waals surface area (Å²) in [5, 5.41) is 15.5. The van der Waals surface area contributed by atoms with E-state index in [1.54, 1.807) is 7.11 Å². The van der Waals surface area contributed by atoms with Gasteiger partial charge in [0.25, 0.3) is 0 Å². The van der Waals surface area contributed by atoms with E-state index in [1.807, 2.05) is 30.0 Å². The Hall–Kier alpha value is -2.15. The molecule has 0 bridgehead atoms. The number of carbonyl (C=O) groups is 1. The van der Waals surface area contributed by atoms with Crippen LogP contribution in [-0.2, 0) is 0 Å². The molecular formula is C15H16N2O4S. The molecule has 1 atom stereocenters. The molecule has 1 aromatic carbocycles. The largest absolute Gasteiger partial charge is 0.493 e. The Bertz CT molecular complexity index is 680. The summed E-state index contributed by atoms with van der Waals surface area (Å²) < 4.78 is 11.3. The number of H-pyrrole nitrogens is 1. The Morgan fingerprint density at radius 3 is 2.91 bits per heavy atom. The molecule has 0 radical (unpaired) electrons. The first-order valence-corrected chi connectivity index (χ1v) is 8.04. The van der Waals surface area contributed by atoms with Crippen LogP contribution < -0.4 is 9.47 Å². The Morgan fingerprint density at radius 2 is 2.27 bits per heavy atom. The molecule has 116 valence electrons. The summed E-state index contributed by atoms with van der Waals surface area (Å²) in [5.74, 6) is 2.36. The maximum atomic E-state index is 10.9. The Kier molecular flexibility index (Phi) is 4.24. The number of nitrogens with one attached hydrogen (secondary N) is 1. The molecule has 7 heteroatoms. The van der Waals surface area contributed by atoms with Gasteiger partial charge in [0.15, 0.2) is 11.5 Å². The van der Waals surface area contributed by atoms with Gasteiger partial charge in [-0.25, -0.2) is 4.79 Å². The van der Waals surface area contributed by atoms with Crippen LogP contribution in [0.2, 0.25) is 0 Å². The van der Waals surface area contributed by atoms with Gasteiger partial charge in [0.2, 0.25) is 0 Å². The van der Waals surface area contributed by atoms with Gasteiger partial charge < -0.3 is 14.6 Å². The number of hydrogen-bond acceptors (Lipinski definition) is 5. The Labute approximate surface area is 131 Å². The van der Waals surface area contributed by atoms with Crippen LogP contribution in [-0.4, -0.2) is 46.0 Å². The smallest absolute Gasteiger partial charge is 0.353 e. The Morgan fingerprint density at radius 1 is 1.41 bits per heavy atom. The number of nitrogens with zero attached hydrogens (tertiary/aromatic N) is 1. The van der Waals surface area contributed by atoms with Crippen LogP contribution in [0.25, 0.3) is 11.3 Å². The molecule has 1 aromatic heterocycles. The van der Waals surface area contributed by atoms with Crippen molar-refractivity contribution < 1.29 is 19.4 Å². The van der Waals surface area contributed by atoms with Crippen LogP contribution in [0.5, 0.6) is 11.5 Å². The highest BCUT2D eigenvalue weighted by atomic mass is 32.2. The molecule has 0 aliphatic carbocycles. The van der Waals surface area contributed by atoms with E-state index in [0.29, 0.717) is 17.2 Å². The van der Waals surface area contributed by atoms with Gasteiger partial charge in [0.1, 0.15) is 11.8 Å². The normalized spacial score (nSPS) is 17.4.